The Labute approximate surface area is 143 Å². The Morgan fingerprint density at radius 2 is 1.75 bits per heavy atom. The molecule has 0 atom stereocenters. The van der Waals surface area contributed by atoms with Crippen LogP contribution in [0.4, 0.5) is 0 Å². The van der Waals surface area contributed by atoms with Crippen molar-refractivity contribution in [3.05, 3.63) is 40.9 Å². The summed E-state index contributed by atoms with van der Waals surface area (Å²) in [6.07, 6.45) is 2.70. The highest BCUT2D eigenvalue weighted by molar-refractivity contribution is 6.56. The van der Waals surface area contributed by atoms with Gasteiger partial charge in [0.05, 0.1) is 11.2 Å². The van der Waals surface area contributed by atoms with E-state index in [-0.39, 0.29) is 5.91 Å². The largest absolute Gasteiger partial charge is 0.492 e. The van der Waals surface area contributed by atoms with Crippen molar-refractivity contribution in [2.24, 2.45) is 0 Å². The minimum absolute atomic E-state index is 0.126. The zero-order chi connectivity index (χ0) is 18.0. The first-order valence-electron chi connectivity index (χ1n) is 8.00. The molecule has 0 spiro atoms. The van der Waals surface area contributed by atoms with Crippen LogP contribution < -0.4 is 5.32 Å². The highest BCUT2D eigenvalue weighted by atomic mass is 16.7. The highest BCUT2D eigenvalue weighted by Crippen LogP contribution is 2.38. The molecule has 1 fully saturated rings. The van der Waals surface area contributed by atoms with Crippen molar-refractivity contribution in [1.29, 1.82) is 0 Å². The molecule has 0 radical (unpaired) electrons. The van der Waals surface area contributed by atoms with E-state index in [2.05, 4.69) is 5.32 Å². The fraction of sp³-hybridized carbons (Fsp3) is 0.444. The quantitative estimate of drug-likeness (QED) is 0.666. The average molecular weight is 329 g/mol. The maximum atomic E-state index is 11.3. The van der Waals surface area contributed by atoms with Crippen molar-refractivity contribution >= 4 is 25.4 Å². The first-order valence-corrected chi connectivity index (χ1v) is 8.00. The van der Waals surface area contributed by atoms with E-state index in [1.807, 2.05) is 45.9 Å². The van der Waals surface area contributed by atoms with Crippen molar-refractivity contribution in [2.75, 3.05) is 6.54 Å². The number of aldehydes is 1. The Hall–Kier alpha value is -1.92. The van der Waals surface area contributed by atoms with Crippen molar-refractivity contribution in [3.8, 4) is 0 Å². The first-order chi connectivity index (χ1) is 11.1. The number of rotatable bonds is 5. The monoisotopic (exact) mass is 329 g/mol. The summed E-state index contributed by atoms with van der Waals surface area (Å²) in [6.45, 7) is 9.71. The van der Waals surface area contributed by atoms with Crippen LogP contribution in [0, 0.1) is 0 Å². The summed E-state index contributed by atoms with van der Waals surface area (Å²) in [5, 5.41) is 2.79. The number of carbonyl (C=O) groups is 2. The van der Waals surface area contributed by atoms with Crippen molar-refractivity contribution in [3.63, 3.8) is 0 Å². The van der Waals surface area contributed by atoms with Crippen LogP contribution in [0.2, 0.25) is 0 Å². The van der Waals surface area contributed by atoms with Crippen molar-refractivity contribution in [2.45, 2.75) is 45.8 Å². The topological polar surface area (TPSA) is 64.6 Å². The van der Waals surface area contributed by atoms with Gasteiger partial charge in [-0.05, 0) is 44.8 Å². The Balaban J connectivity index is 2.33. The van der Waals surface area contributed by atoms with Gasteiger partial charge in [-0.3, -0.25) is 9.59 Å². The third-order valence-electron chi connectivity index (χ3n) is 4.50. The molecule has 1 aliphatic rings. The molecule has 1 aromatic carbocycles. The number of hydrogen-bond donors (Lipinski definition) is 1. The molecule has 1 saturated heterocycles. The van der Waals surface area contributed by atoms with Crippen molar-refractivity contribution < 1.29 is 18.9 Å². The van der Waals surface area contributed by atoms with E-state index >= 15 is 0 Å². The number of carbonyl (C=O) groups excluding carboxylic acids is 2. The zero-order valence-corrected chi connectivity index (χ0v) is 14.9. The number of hydrogen-bond acceptors (Lipinski definition) is 4. The molecule has 0 aliphatic carbocycles. The molecule has 0 bridgehead atoms. The minimum atomic E-state index is -0.554. The lowest BCUT2D eigenvalue weighted by molar-refractivity contribution is -0.118. The predicted octanol–water partition coefficient (Wildman–Crippen LogP) is 2.65. The Kier molecular flexibility index (Phi) is 5.30. The maximum Gasteiger partial charge on any atom is 0.492 e. The molecule has 0 unspecified atom stereocenters. The molecular weight excluding hydrogens is 305 g/mol. The molecule has 0 saturated carbocycles. The van der Waals surface area contributed by atoms with E-state index in [0.717, 1.165) is 17.3 Å². The van der Waals surface area contributed by atoms with Gasteiger partial charge >= 0.3 is 7.12 Å². The summed E-state index contributed by atoms with van der Waals surface area (Å²) in [7, 11) is -0.554. The Morgan fingerprint density at radius 1 is 1.17 bits per heavy atom. The fourth-order valence-corrected chi connectivity index (χ4v) is 2.36. The SMILES string of the molecule is CC(=O)NCC(=Cc1cccc(C=O)c1)B1OC(C)(C)C(C)(C)O1. The summed E-state index contributed by atoms with van der Waals surface area (Å²) in [4.78, 5) is 22.3. The lowest BCUT2D eigenvalue weighted by Crippen LogP contribution is -2.41. The molecule has 2 rings (SSSR count). The van der Waals surface area contributed by atoms with Gasteiger partial charge in [0.25, 0.3) is 0 Å². The highest BCUT2D eigenvalue weighted by Gasteiger charge is 2.52. The summed E-state index contributed by atoms with van der Waals surface area (Å²) < 4.78 is 12.2. The van der Waals surface area contributed by atoms with Crippen LogP contribution in [-0.4, -0.2) is 37.1 Å². The second kappa shape index (κ2) is 6.91. The average Bonchev–Trinajstić information content (AvgIpc) is 2.71. The molecule has 1 amide bonds. The van der Waals surface area contributed by atoms with Gasteiger partial charge in [-0.1, -0.05) is 24.3 Å². The van der Waals surface area contributed by atoms with Gasteiger partial charge in [-0.25, -0.2) is 0 Å². The molecule has 128 valence electrons. The van der Waals surface area contributed by atoms with E-state index in [9.17, 15) is 9.59 Å². The third kappa shape index (κ3) is 4.13. The van der Waals surface area contributed by atoms with Gasteiger partial charge in [0.1, 0.15) is 6.29 Å². The lowest BCUT2D eigenvalue weighted by Gasteiger charge is -2.32. The number of amides is 1. The molecule has 24 heavy (non-hydrogen) atoms. The molecular formula is C18H24BNO4. The standard InChI is InChI=1S/C18H24BNO4/c1-13(22)20-11-16(10-14-7-6-8-15(9-14)12-21)19-23-17(2,3)18(4,5)24-19/h6-10,12H,11H2,1-5H3,(H,20,22). The second-order valence-electron chi connectivity index (χ2n) is 7.01. The second-order valence-corrected chi connectivity index (χ2v) is 7.01. The Morgan fingerprint density at radius 3 is 2.29 bits per heavy atom. The van der Waals surface area contributed by atoms with Crippen LogP contribution in [0.5, 0.6) is 0 Å². The normalized spacial score (nSPS) is 19.2. The fourth-order valence-electron chi connectivity index (χ4n) is 2.36. The van der Waals surface area contributed by atoms with Gasteiger partial charge in [-0.2, -0.15) is 0 Å². The molecule has 6 heteroatoms. The molecule has 1 aromatic rings. The smallest absolute Gasteiger partial charge is 0.400 e. The van der Waals surface area contributed by atoms with Gasteiger partial charge in [0.2, 0.25) is 5.91 Å². The van der Waals surface area contributed by atoms with Crippen LogP contribution in [0.25, 0.3) is 6.08 Å². The van der Waals surface area contributed by atoms with E-state index in [1.54, 1.807) is 12.1 Å². The molecule has 1 N–H and O–H groups in total. The van der Waals surface area contributed by atoms with E-state index in [1.165, 1.54) is 6.92 Å². The molecule has 1 aliphatic heterocycles. The lowest BCUT2D eigenvalue weighted by atomic mass is 9.77. The van der Waals surface area contributed by atoms with E-state index in [0.29, 0.717) is 12.1 Å². The summed E-state index contributed by atoms with van der Waals surface area (Å²) >= 11 is 0. The Bertz CT molecular complexity index is 651. The third-order valence-corrected chi connectivity index (χ3v) is 4.50. The van der Waals surface area contributed by atoms with Crippen LogP contribution in [0.3, 0.4) is 0 Å². The van der Waals surface area contributed by atoms with Crippen LogP contribution in [0.1, 0.15) is 50.5 Å². The van der Waals surface area contributed by atoms with Gasteiger partial charge in [-0.15, -0.1) is 0 Å². The van der Waals surface area contributed by atoms with Gasteiger partial charge < -0.3 is 14.6 Å². The van der Waals surface area contributed by atoms with Crippen molar-refractivity contribution in [1.82, 2.24) is 5.32 Å². The molecule has 0 aromatic heterocycles. The first kappa shape index (κ1) is 18.4. The maximum absolute atomic E-state index is 11.3. The zero-order valence-electron chi connectivity index (χ0n) is 14.9. The van der Waals surface area contributed by atoms with Crippen LogP contribution in [-0.2, 0) is 14.1 Å². The van der Waals surface area contributed by atoms with E-state index < -0.39 is 18.3 Å². The molecule has 1 heterocycles. The number of benzene rings is 1. The number of nitrogens with one attached hydrogen (secondary N) is 1. The minimum Gasteiger partial charge on any atom is -0.400 e. The van der Waals surface area contributed by atoms with E-state index in [4.69, 9.17) is 9.31 Å². The van der Waals surface area contributed by atoms with Crippen LogP contribution in [0.15, 0.2) is 29.7 Å². The summed E-state index contributed by atoms with van der Waals surface area (Å²) in [5.41, 5.74) is 1.33. The summed E-state index contributed by atoms with van der Waals surface area (Å²) in [5.74, 6) is -0.126. The molecule has 5 nitrogen and oxygen atoms in total. The predicted molar refractivity (Wildman–Crippen MR) is 94.6 cm³/mol. The van der Waals surface area contributed by atoms with Crippen LogP contribution >= 0.6 is 0 Å². The summed E-state index contributed by atoms with van der Waals surface area (Å²) in [6, 6.07) is 7.24. The van der Waals surface area contributed by atoms with Gasteiger partial charge in [0.15, 0.2) is 0 Å². The van der Waals surface area contributed by atoms with Gasteiger partial charge in [0, 0.05) is 19.0 Å².